The Morgan fingerprint density at radius 3 is 2.40 bits per heavy atom. The van der Waals surface area contributed by atoms with Crippen molar-refractivity contribution in [3.8, 4) is 0 Å². The molecule has 0 heterocycles. The first-order valence-corrected chi connectivity index (χ1v) is 7.89. The Morgan fingerprint density at radius 1 is 1.15 bits per heavy atom. The first kappa shape index (κ1) is 15.5. The average molecular weight is 418 g/mol. The van der Waals surface area contributed by atoms with Gasteiger partial charge in [-0.05, 0) is 51.8 Å². The Morgan fingerprint density at radius 2 is 1.80 bits per heavy atom. The fourth-order valence-corrected chi connectivity index (χ4v) is 2.48. The number of rotatable bonds is 3. The third-order valence-electron chi connectivity index (χ3n) is 2.85. The molecule has 5 heteroatoms. The van der Waals surface area contributed by atoms with Crippen LogP contribution in [0.2, 0.25) is 5.02 Å². The van der Waals surface area contributed by atoms with Gasteiger partial charge in [0.05, 0.1) is 5.02 Å². The second-order valence-electron chi connectivity index (χ2n) is 4.42. The lowest BCUT2D eigenvalue weighted by Crippen LogP contribution is -2.26. The summed E-state index contributed by atoms with van der Waals surface area (Å²) in [6.07, 6.45) is 0. The predicted octanol–water partition coefficient (Wildman–Crippen LogP) is 5.14. The largest absolute Gasteiger partial charge is 0.337 e. The van der Waals surface area contributed by atoms with Crippen molar-refractivity contribution in [3.63, 3.8) is 0 Å². The molecule has 0 radical (unpaired) electrons. The van der Waals surface area contributed by atoms with Crippen LogP contribution in [0.5, 0.6) is 0 Å². The average Bonchev–Trinajstić information content (AvgIpc) is 2.43. The number of hydrogen-bond acceptors (Lipinski definition) is 1. The summed E-state index contributed by atoms with van der Waals surface area (Å²) in [5.74, 6) is -0.0534. The Hall–Kier alpha value is -0.840. The molecule has 2 rings (SSSR count). The second-order valence-corrected chi connectivity index (χ2v) is 6.59. The van der Waals surface area contributed by atoms with Crippen LogP contribution >= 0.6 is 43.5 Å². The Kier molecular flexibility index (Phi) is 5.24. The van der Waals surface area contributed by atoms with Crippen LogP contribution in [0.4, 0.5) is 0 Å². The first-order chi connectivity index (χ1) is 9.47. The van der Waals surface area contributed by atoms with Gasteiger partial charge in [0, 0.05) is 28.1 Å². The Labute approximate surface area is 140 Å². The van der Waals surface area contributed by atoms with Gasteiger partial charge in [0.15, 0.2) is 0 Å². The summed E-state index contributed by atoms with van der Waals surface area (Å²) in [7, 11) is 1.78. The molecule has 0 unspecified atom stereocenters. The number of benzene rings is 2. The number of halogens is 3. The van der Waals surface area contributed by atoms with Crippen molar-refractivity contribution < 1.29 is 4.79 Å². The minimum absolute atomic E-state index is 0.0534. The van der Waals surface area contributed by atoms with Crippen molar-refractivity contribution in [2.75, 3.05) is 7.05 Å². The quantitative estimate of drug-likeness (QED) is 0.677. The van der Waals surface area contributed by atoms with E-state index in [9.17, 15) is 4.79 Å². The number of carbonyl (C=O) groups excluding carboxylic acids is 1. The van der Waals surface area contributed by atoms with Gasteiger partial charge >= 0.3 is 0 Å². The van der Waals surface area contributed by atoms with Crippen LogP contribution in [0.3, 0.4) is 0 Å². The summed E-state index contributed by atoms with van der Waals surface area (Å²) in [5, 5.41) is 0.535. The van der Waals surface area contributed by atoms with E-state index in [1.807, 2.05) is 24.3 Å². The van der Waals surface area contributed by atoms with Gasteiger partial charge in [-0.1, -0.05) is 39.7 Å². The topological polar surface area (TPSA) is 20.3 Å². The maximum absolute atomic E-state index is 12.3. The predicted molar refractivity (Wildman–Crippen MR) is 89.1 cm³/mol. The molecule has 1 amide bonds. The number of nitrogens with zero attached hydrogens (tertiary/aromatic N) is 1. The molecule has 0 fully saturated rings. The van der Waals surface area contributed by atoms with Crippen LogP contribution in [0.25, 0.3) is 0 Å². The van der Waals surface area contributed by atoms with Crippen molar-refractivity contribution in [2.45, 2.75) is 6.54 Å². The minimum Gasteiger partial charge on any atom is -0.337 e. The van der Waals surface area contributed by atoms with E-state index in [-0.39, 0.29) is 5.91 Å². The van der Waals surface area contributed by atoms with Gasteiger partial charge in [-0.2, -0.15) is 0 Å². The van der Waals surface area contributed by atoms with Crippen molar-refractivity contribution in [2.24, 2.45) is 0 Å². The summed E-state index contributed by atoms with van der Waals surface area (Å²) < 4.78 is 1.81. The highest BCUT2D eigenvalue weighted by molar-refractivity contribution is 9.10. The van der Waals surface area contributed by atoms with Gasteiger partial charge in [0.25, 0.3) is 5.91 Å². The molecule has 0 aliphatic heterocycles. The maximum Gasteiger partial charge on any atom is 0.253 e. The molecule has 0 aliphatic carbocycles. The van der Waals surface area contributed by atoms with Gasteiger partial charge in [-0.15, -0.1) is 0 Å². The van der Waals surface area contributed by atoms with Crippen LogP contribution < -0.4 is 0 Å². The van der Waals surface area contributed by atoms with Crippen LogP contribution in [0, 0.1) is 0 Å². The SMILES string of the molecule is CN(Cc1ccc(Br)cc1)C(=O)c1ccc(Br)c(Cl)c1. The smallest absolute Gasteiger partial charge is 0.253 e. The van der Waals surface area contributed by atoms with E-state index >= 15 is 0 Å². The van der Waals surface area contributed by atoms with Crippen molar-refractivity contribution >= 4 is 49.4 Å². The van der Waals surface area contributed by atoms with Crippen LogP contribution in [0.15, 0.2) is 51.4 Å². The van der Waals surface area contributed by atoms with E-state index in [1.165, 1.54) is 0 Å². The van der Waals surface area contributed by atoms with Gasteiger partial charge in [0.1, 0.15) is 0 Å². The van der Waals surface area contributed by atoms with Crippen LogP contribution in [-0.4, -0.2) is 17.9 Å². The standard InChI is InChI=1S/C15H12Br2ClNO/c1-19(9-10-2-5-12(16)6-3-10)15(20)11-4-7-13(17)14(18)8-11/h2-8H,9H2,1H3. The molecule has 0 N–H and O–H groups in total. The molecular formula is C15H12Br2ClNO. The lowest BCUT2D eigenvalue weighted by molar-refractivity contribution is 0.0785. The zero-order valence-corrected chi connectivity index (χ0v) is 14.7. The highest BCUT2D eigenvalue weighted by atomic mass is 79.9. The Balaban J connectivity index is 2.11. The molecule has 2 aromatic rings. The van der Waals surface area contributed by atoms with Crippen molar-refractivity contribution in [1.82, 2.24) is 4.90 Å². The summed E-state index contributed by atoms with van der Waals surface area (Å²) in [6, 6.07) is 13.1. The van der Waals surface area contributed by atoms with Gasteiger partial charge in [-0.3, -0.25) is 4.79 Å². The summed E-state index contributed by atoms with van der Waals surface area (Å²) in [4.78, 5) is 14.0. The zero-order valence-electron chi connectivity index (χ0n) is 10.7. The highest BCUT2D eigenvalue weighted by Crippen LogP contribution is 2.24. The summed E-state index contributed by atoms with van der Waals surface area (Å²) in [5.41, 5.74) is 1.66. The summed E-state index contributed by atoms with van der Waals surface area (Å²) >= 11 is 12.7. The Bertz CT molecular complexity index is 628. The lowest BCUT2D eigenvalue weighted by Gasteiger charge is -2.17. The fraction of sp³-hybridized carbons (Fsp3) is 0.133. The van der Waals surface area contributed by atoms with E-state index in [1.54, 1.807) is 30.1 Å². The molecule has 0 aromatic heterocycles. The molecule has 0 bridgehead atoms. The zero-order chi connectivity index (χ0) is 14.7. The monoisotopic (exact) mass is 415 g/mol. The van der Waals surface area contributed by atoms with Gasteiger partial charge in [-0.25, -0.2) is 0 Å². The normalized spacial score (nSPS) is 10.4. The van der Waals surface area contributed by atoms with E-state index < -0.39 is 0 Å². The van der Waals surface area contributed by atoms with E-state index in [4.69, 9.17) is 11.6 Å². The van der Waals surface area contributed by atoms with Crippen molar-refractivity contribution in [1.29, 1.82) is 0 Å². The van der Waals surface area contributed by atoms with Gasteiger partial charge < -0.3 is 4.90 Å². The first-order valence-electron chi connectivity index (χ1n) is 5.92. The third-order valence-corrected chi connectivity index (χ3v) is 4.61. The number of amides is 1. The molecule has 0 saturated carbocycles. The molecular weight excluding hydrogens is 405 g/mol. The molecule has 2 aromatic carbocycles. The van der Waals surface area contributed by atoms with Crippen molar-refractivity contribution in [3.05, 3.63) is 67.6 Å². The number of carbonyl (C=O) groups is 1. The lowest BCUT2D eigenvalue weighted by atomic mass is 10.1. The summed E-state index contributed by atoms with van der Waals surface area (Å²) in [6.45, 7) is 0.555. The molecule has 0 atom stereocenters. The van der Waals surface area contributed by atoms with E-state index in [2.05, 4.69) is 31.9 Å². The molecule has 2 nitrogen and oxygen atoms in total. The third kappa shape index (κ3) is 3.84. The molecule has 0 saturated heterocycles. The highest BCUT2D eigenvalue weighted by Gasteiger charge is 2.13. The number of hydrogen-bond donors (Lipinski definition) is 0. The second kappa shape index (κ2) is 6.74. The molecule has 20 heavy (non-hydrogen) atoms. The fourth-order valence-electron chi connectivity index (χ4n) is 1.79. The molecule has 0 aliphatic rings. The van der Waals surface area contributed by atoms with Crippen LogP contribution in [0.1, 0.15) is 15.9 Å². The van der Waals surface area contributed by atoms with Gasteiger partial charge in [0.2, 0.25) is 0 Å². The minimum atomic E-state index is -0.0534. The maximum atomic E-state index is 12.3. The molecule has 104 valence electrons. The van der Waals surface area contributed by atoms with Crippen LogP contribution in [-0.2, 0) is 6.54 Å². The van der Waals surface area contributed by atoms with E-state index in [0.29, 0.717) is 17.1 Å². The molecule has 0 spiro atoms. The van der Waals surface area contributed by atoms with E-state index in [0.717, 1.165) is 14.5 Å².